The van der Waals surface area contributed by atoms with Crippen LogP contribution >= 0.6 is 11.6 Å². The van der Waals surface area contributed by atoms with E-state index < -0.39 is 11.7 Å². The molecule has 5 heteroatoms. The third-order valence-corrected chi connectivity index (χ3v) is 3.01. The van der Waals surface area contributed by atoms with Crippen LogP contribution in [0.1, 0.15) is 22.8 Å². The number of carbonyl (C=O) groups excluding carboxylic acids is 1. The molecule has 0 spiro atoms. The molecule has 0 aliphatic rings. The summed E-state index contributed by atoms with van der Waals surface area (Å²) in [5.41, 5.74) is 3.88. The number of nitrogens with zero attached hydrogens (tertiary/aromatic N) is 1. The molecule has 2 aromatic carbocycles. The Kier molecular flexibility index (Phi) is 4.48. The Morgan fingerprint density at radius 1 is 1.20 bits per heavy atom. The molecule has 2 aromatic rings. The van der Waals surface area contributed by atoms with Gasteiger partial charge in [-0.05, 0) is 31.2 Å². The number of carbonyl (C=O) groups is 1. The summed E-state index contributed by atoms with van der Waals surface area (Å²) in [4.78, 5) is 11.8. The minimum Gasteiger partial charge on any atom is -0.267 e. The van der Waals surface area contributed by atoms with E-state index in [-0.39, 0.29) is 5.56 Å². The molecule has 0 aromatic heterocycles. The maximum atomic E-state index is 13.0. The molecule has 20 heavy (non-hydrogen) atoms. The van der Waals surface area contributed by atoms with Crippen molar-refractivity contribution in [3.63, 3.8) is 0 Å². The highest BCUT2D eigenvalue weighted by molar-refractivity contribution is 6.34. The lowest BCUT2D eigenvalue weighted by Crippen LogP contribution is -2.19. The molecule has 0 unspecified atom stereocenters. The van der Waals surface area contributed by atoms with E-state index in [1.165, 1.54) is 18.2 Å². The van der Waals surface area contributed by atoms with Gasteiger partial charge in [0.1, 0.15) is 5.82 Å². The number of halogens is 2. The fourth-order valence-corrected chi connectivity index (χ4v) is 1.92. The number of hydrazone groups is 1. The first-order valence-electron chi connectivity index (χ1n) is 5.93. The number of hydrogen-bond acceptors (Lipinski definition) is 2. The quantitative estimate of drug-likeness (QED) is 0.680. The largest absolute Gasteiger partial charge is 0.271 e. The van der Waals surface area contributed by atoms with Crippen LogP contribution in [0.4, 0.5) is 4.39 Å². The van der Waals surface area contributed by atoms with Crippen molar-refractivity contribution in [2.24, 2.45) is 5.10 Å². The lowest BCUT2D eigenvalue weighted by atomic mass is 10.1. The first-order valence-corrected chi connectivity index (χ1v) is 6.31. The molecular weight excluding hydrogens is 279 g/mol. The van der Waals surface area contributed by atoms with Crippen molar-refractivity contribution >= 4 is 23.2 Å². The molecule has 0 saturated carbocycles. The zero-order valence-electron chi connectivity index (χ0n) is 10.7. The van der Waals surface area contributed by atoms with Crippen molar-refractivity contribution in [2.45, 2.75) is 6.92 Å². The van der Waals surface area contributed by atoms with E-state index >= 15 is 0 Å². The normalized spacial score (nSPS) is 11.2. The van der Waals surface area contributed by atoms with Gasteiger partial charge in [-0.15, -0.1) is 0 Å². The van der Waals surface area contributed by atoms with Crippen LogP contribution in [-0.4, -0.2) is 11.6 Å². The average Bonchev–Trinajstić information content (AvgIpc) is 2.45. The fourth-order valence-electron chi connectivity index (χ4n) is 1.64. The van der Waals surface area contributed by atoms with Gasteiger partial charge in [-0.25, -0.2) is 9.82 Å². The van der Waals surface area contributed by atoms with Gasteiger partial charge in [-0.3, -0.25) is 4.79 Å². The molecule has 0 saturated heterocycles. The summed E-state index contributed by atoms with van der Waals surface area (Å²) in [6.07, 6.45) is 0. The Labute approximate surface area is 121 Å². The Balaban J connectivity index is 2.13. The smallest absolute Gasteiger partial charge is 0.267 e. The van der Waals surface area contributed by atoms with Gasteiger partial charge in [0.15, 0.2) is 0 Å². The molecule has 0 bridgehead atoms. The summed E-state index contributed by atoms with van der Waals surface area (Å²) >= 11 is 6.03. The van der Waals surface area contributed by atoms with E-state index in [4.69, 9.17) is 11.6 Å². The summed E-state index contributed by atoms with van der Waals surface area (Å²) in [6.45, 7) is 1.73. The Hall–Kier alpha value is -2.20. The minimum atomic E-state index is -0.476. The molecule has 3 nitrogen and oxygen atoms in total. The molecule has 1 amide bonds. The molecule has 2 rings (SSSR count). The highest BCUT2D eigenvalue weighted by atomic mass is 35.5. The summed E-state index contributed by atoms with van der Waals surface area (Å²) in [5.74, 6) is -0.944. The minimum absolute atomic E-state index is 0.209. The maximum absolute atomic E-state index is 13.0. The second-order valence-corrected chi connectivity index (χ2v) is 4.54. The van der Waals surface area contributed by atoms with E-state index in [9.17, 15) is 9.18 Å². The van der Waals surface area contributed by atoms with Gasteiger partial charge in [0.05, 0.1) is 5.71 Å². The molecular formula is C15H12ClFN2O. The Morgan fingerprint density at radius 3 is 2.65 bits per heavy atom. The number of rotatable bonds is 3. The molecule has 0 aliphatic heterocycles. The Morgan fingerprint density at radius 2 is 1.95 bits per heavy atom. The number of benzene rings is 2. The van der Waals surface area contributed by atoms with Crippen molar-refractivity contribution in [3.05, 3.63) is 70.5 Å². The van der Waals surface area contributed by atoms with Crippen molar-refractivity contribution in [3.8, 4) is 0 Å². The first-order chi connectivity index (χ1) is 9.58. The summed E-state index contributed by atoms with van der Waals surface area (Å²) in [6, 6.07) is 12.6. The lowest BCUT2D eigenvalue weighted by Gasteiger charge is -2.04. The van der Waals surface area contributed by atoms with Gasteiger partial charge in [-0.2, -0.15) is 5.10 Å². The number of nitrogens with one attached hydrogen (secondary N) is 1. The third-order valence-electron chi connectivity index (χ3n) is 2.68. The van der Waals surface area contributed by atoms with Crippen molar-refractivity contribution in [1.29, 1.82) is 0 Å². The zero-order valence-corrected chi connectivity index (χ0v) is 11.5. The van der Waals surface area contributed by atoms with Gasteiger partial charge in [0.25, 0.3) is 5.91 Å². The van der Waals surface area contributed by atoms with E-state index in [2.05, 4.69) is 10.5 Å². The molecule has 0 heterocycles. The Bertz CT molecular complexity index is 670. The summed E-state index contributed by atoms with van der Waals surface area (Å²) in [7, 11) is 0. The van der Waals surface area contributed by atoms with E-state index in [1.54, 1.807) is 19.1 Å². The predicted octanol–water partition coefficient (Wildman–Crippen LogP) is 3.63. The van der Waals surface area contributed by atoms with Gasteiger partial charge < -0.3 is 0 Å². The van der Waals surface area contributed by atoms with E-state index in [1.807, 2.05) is 12.1 Å². The maximum Gasteiger partial charge on any atom is 0.271 e. The zero-order chi connectivity index (χ0) is 14.5. The topological polar surface area (TPSA) is 41.5 Å². The van der Waals surface area contributed by atoms with Crippen LogP contribution in [0.25, 0.3) is 0 Å². The van der Waals surface area contributed by atoms with Crippen LogP contribution in [0.2, 0.25) is 5.02 Å². The second kappa shape index (κ2) is 6.30. The highest BCUT2D eigenvalue weighted by Gasteiger charge is 2.07. The molecule has 0 atom stereocenters. The molecule has 0 aliphatic carbocycles. The fraction of sp³-hybridized carbons (Fsp3) is 0.0667. The van der Waals surface area contributed by atoms with E-state index in [0.717, 1.165) is 11.6 Å². The SMILES string of the molecule is C/C(=N\NC(=O)c1cccc(F)c1)c1ccccc1Cl. The van der Waals surface area contributed by atoms with Gasteiger partial charge >= 0.3 is 0 Å². The van der Waals surface area contributed by atoms with Gasteiger partial charge in [-0.1, -0.05) is 35.9 Å². The third kappa shape index (κ3) is 3.42. The molecule has 0 fully saturated rings. The number of amides is 1. The highest BCUT2D eigenvalue weighted by Crippen LogP contribution is 2.15. The van der Waals surface area contributed by atoms with Crippen LogP contribution in [0, 0.1) is 5.82 Å². The van der Waals surface area contributed by atoms with Crippen LogP contribution < -0.4 is 5.43 Å². The monoisotopic (exact) mass is 290 g/mol. The predicted molar refractivity (Wildman–Crippen MR) is 77.5 cm³/mol. The number of hydrogen-bond donors (Lipinski definition) is 1. The van der Waals surface area contributed by atoms with Crippen molar-refractivity contribution in [2.75, 3.05) is 0 Å². The van der Waals surface area contributed by atoms with Crippen molar-refractivity contribution in [1.82, 2.24) is 5.43 Å². The van der Waals surface area contributed by atoms with E-state index in [0.29, 0.717) is 10.7 Å². The average molecular weight is 291 g/mol. The van der Waals surface area contributed by atoms with Crippen LogP contribution in [0.15, 0.2) is 53.6 Å². The standard InChI is InChI=1S/C15H12ClFN2O/c1-10(13-7-2-3-8-14(13)16)18-19-15(20)11-5-4-6-12(17)9-11/h2-9H,1H3,(H,19,20)/b18-10+. The summed E-state index contributed by atoms with van der Waals surface area (Å²) < 4.78 is 13.0. The first kappa shape index (κ1) is 14.2. The molecule has 102 valence electrons. The second-order valence-electron chi connectivity index (χ2n) is 4.13. The van der Waals surface area contributed by atoms with Gasteiger partial charge in [0.2, 0.25) is 0 Å². The summed E-state index contributed by atoms with van der Waals surface area (Å²) in [5, 5.41) is 4.52. The van der Waals surface area contributed by atoms with Crippen LogP contribution in [-0.2, 0) is 0 Å². The van der Waals surface area contributed by atoms with Crippen LogP contribution in [0.3, 0.4) is 0 Å². The molecule has 0 radical (unpaired) electrons. The van der Waals surface area contributed by atoms with Crippen LogP contribution in [0.5, 0.6) is 0 Å². The lowest BCUT2D eigenvalue weighted by molar-refractivity contribution is 0.0954. The molecule has 1 N–H and O–H groups in total. The van der Waals surface area contributed by atoms with Gasteiger partial charge in [0, 0.05) is 16.1 Å². The van der Waals surface area contributed by atoms with Crippen molar-refractivity contribution < 1.29 is 9.18 Å².